The minimum Gasteiger partial charge on any atom is -0.478 e. The summed E-state index contributed by atoms with van der Waals surface area (Å²) in [6.45, 7) is 6.32. The van der Waals surface area contributed by atoms with Gasteiger partial charge in [-0.1, -0.05) is 0 Å². The van der Waals surface area contributed by atoms with Crippen LogP contribution in [0.15, 0.2) is 72.8 Å². The number of carboxylic acid groups (broad SMARTS) is 1. The number of carbonyl (C=O) groups is 9. The van der Waals surface area contributed by atoms with Crippen LogP contribution in [0.3, 0.4) is 0 Å². The summed E-state index contributed by atoms with van der Waals surface area (Å²) in [4.78, 5) is 130. The van der Waals surface area contributed by atoms with Crippen LogP contribution in [0.2, 0.25) is 0 Å². The second-order valence-corrected chi connectivity index (χ2v) is 24.8. The maximum atomic E-state index is 14.6. The summed E-state index contributed by atoms with van der Waals surface area (Å²) in [7, 11) is 0. The quantitative estimate of drug-likeness (QED) is 0.0839. The molecule has 76 heavy (non-hydrogen) atoms. The molecule has 4 fully saturated rings. The zero-order valence-corrected chi connectivity index (χ0v) is 50.2. The molecule has 4 aliphatic heterocycles. The van der Waals surface area contributed by atoms with Crippen molar-refractivity contribution in [2.24, 2.45) is 0 Å². The number of hydrogen-bond acceptors (Lipinski definition) is 10. The van der Waals surface area contributed by atoms with Crippen molar-refractivity contribution >= 4 is 167 Å². The van der Waals surface area contributed by atoms with E-state index in [9.17, 15) is 48.3 Å². The van der Waals surface area contributed by atoms with Crippen LogP contribution in [0.5, 0.6) is 0 Å². The Morgan fingerprint density at radius 3 is 1.00 bits per heavy atom. The van der Waals surface area contributed by atoms with Crippen molar-refractivity contribution in [3.63, 3.8) is 0 Å². The van der Waals surface area contributed by atoms with Crippen molar-refractivity contribution in [2.45, 2.75) is 102 Å². The molecule has 8 rings (SSSR count). The third-order valence-electron chi connectivity index (χ3n) is 13.5. The third-order valence-corrected chi connectivity index (χ3v) is 16.2. The molecule has 0 radical (unpaired) electrons. The maximum Gasteiger partial charge on any atom is 0.410 e. The van der Waals surface area contributed by atoms with Gasteiger partial charge in [-0.3, -0.25) is 38.5 Å². The number of ether oxygens (including phenoxy) is 1. The average molecular weight is 1490 g/mol. The second kappa shape index (κ2) is 24.2. The van der Waals surface area contributed by atoms with Gasteiger partial charge in [0.25, 0.3) is 17.7 Å². The number of likely N-dealkylation sites (tertiary alicyclic amines) is 4. The number of benzene rings is 4. The Kier molecular flexibility index (Phi) is 18.2. The number of nitrogens with one attached hydrogen (secondary N) is 4. The van der Waals surface area contributed by atoms with Crippen molar-refractivity contribution < 1.29 is 53.0 Å². The molecule has 8 amide bonds. The maximum absolute atomic E-state index is 14.6. The lowest BCUT2D eigenvalue weighted by Gasteiger charge is -2.29. The summed E-state index contributed by atoms with van der Waals surface area (Å²) in [6, 6.07) is 15.9. The van der Waals surface area contributed by atoms with Crippen LogP contribution in [0.25, 0.3) is 0 Å². The molecule has 19 nitrogen and oxygen atoms in total. The van der Waals surface area contributed by atoms with Crippen LogP contribution >= 0.6 is 90.4 Å². The van der Waals surface area contributed by atoms with E-state index < -0.39 is 83.2 Å². The summed E-state index contributed by atoms with van der Waals surface area (Å²) in [5, 5.41) is 21.2. The van der Waals surface area contributed by atoms with Gasteiger partial charge in [-0.05, 0) is 235 Å². The lowest BCUT2D eigenvalue weighted by molar-refractivity contribution is -0.120. The van der Waals surface area contributed by atoms with Gasteiger partial charge >= 0.3 is 12.1 Å². The molecule has 0 aromatic heterocycles. The fourth-order valence-electron chi connectivity index (χ4n) is 9.96. The predicted octanol–water partition coefficient (Wildman–Crippen LogP) is 8.87. The van der Waals surface area contributed by atoms with Crippen molar-refractivity contribution in [1.82, 2.24) is 19.6 Å². The van der Waals surface area contributed by atoms with Gasteiger partial charge in [-0.2, -0.15) is 0 Å². The number of nitrogens with zero attached hydrogens (tertiary/aromatic N) is 4. The van der Waals surface area contributed by atoms with Crippen molar-refractivity contribution in [2.75, 3.05) is 47.4 Å². The smallest absolute Gasteiger partial charge is 0.410 e. The normalized spacial score (nSPS) is 19.3. The number of hydrogen-bond donors (Lipinski definition) is 5. The van der Waals surface area contributed by atoms with E-state index in [0.29, 0.717) is 68.6 Å². The molecule has 0 saturated carbocycles. The fraction of sp³-hybridized carbons (Fsp3) is 0.377. The number of carbonyl (C=O) groups excluding carboxylic acids is 8. The Morgan fingerprint density at radius 2 is 0.711 bits per heavy atom. The SMILES string of the molecule is CC(C)(C)OC(=O)N1CCC[C@H]1C(=O)Nc1ccc(I)cc1C(=O)N1CCC[C@H]1C(=O)Nc1ccc(I)cc1C(=O)N1CCC[C@H]1C(=O)Nc1ccc(I)cc1C(=O)N1CCC[C@H]1C(=O)Nc1ccc(I)cc1C(=O)O. The van der Waals surface area contributed by atoms with Gasteiger partial charge in [-0.15, -0.1) is 0 Å². The van der Waals surface area contributed by atoms with E-state index in [1.807, 2.05) is 22.6 Å². The van der Waals surface area contributed by atoms with Gasteiger partial charge in [0.1, 0.15) is 29.8 Å². The summed E-state index contributed by atoms with van der Waals surface area (Å²) >= 11 is 8.18. The summed E-state index contributed by atoms with van der Waals surface area (Å²) < 4.78 is 8.32. The van der Waals surface area contributed by atoms with E-state index in [-0.39, 0.29) is 64.6 Å². The van der Waals surface area contributed by atoms with E-state index in [2.05, 4.69) is 89.0 Å². The number of halogens is 4. The Balaban J connectivity index is 0.953. The van der Waals surface area contributed by atoms with Crippen LogP contribution in [0.4, 0.5) is 27.5 Å². The first kappa shape index (κ1) is 57.0. The molecule has 5 N–H and O–H groups in total. The first-order valence-corrected chi connectivity index (χ1v) is 29.0. The number of rotatable bonds is 12. The molecule has 4 atom stereocenters. The topological polar surface area (TPSA) is 244 Å². The molecule has 0 unspecified atom stereocenters. The van der Waals surface area contributed by atoms with Crippen molar-refractivity contribution in [3.05, 3.63) is 109 Å². The molecule has 400 valence electrons. The predicted molar refractivity (Wildman–Crippen MR) is 316 cm³/mol. The molecule has 0 spiro atoms. The highest BCUT2D eigenvalue weighted by Crippen LogP contribution is 2.33. The first-order chi connectivity index (χ1) is 36.1. The van der Waals surface area contributed by atoms with Gasteiger partial charge in [0.2, 0.25) is 23.6 Å². The molecule has 23 heteroatoms. The molecule has 4 aliphatic rings. The number of amides is 8. The van der Waals surface area contributed by atoms with Crippen molar-refractivity contribution in [3.8, 4) is 0 Å². The average Bonchev–Trinajstić information content (AvgIpc) is 4.23. The molecule has 0 aliphatic carbocycles. The first-order valence-electron chi connectivity index (χ1n) is 24.7. The molecular weight excluding hydrogens is 1430 g/mol. The summed E-state index contributed by atoms with van der Waals surface area (Å²) in [5.41, 5.74) is 0.309. The molecule has 4 saturated heterocycles. The monoisotopic (exact) mass is 1490 g/mol. The Bertz CT molecular complexity index is 3040. The standard InChI is InChI=1S/C53H54I4N8O11/c1-53(2,3)76-52(75)65-23-7-11-43(65)47(69)60-38-18-14-30(56)26-34(38)50(72)63-21-5-9-41(63)45(67)58-36-16-12-28(54)24-32(36)48(70)62-20-4-8-40(62)44(66)59-37-17-13-29(55)25-33(37)49(71)64-22-6-10-42(64)46(68)61-39-19-15-31(57)27-35(39)51(73)74/h12-19,24-27,40-43H,4-11,20-23H2,1-3H3,(H,58,67)(H,59,66)(H,60,69)(H,61,68)(H,73,74)/t40-,41-,42-,43-/m0/s1. The van der Waals surface area contributed by atoms with Gasteiger partial charge in [0.15, 0.2) is 0 Å². The van der Waals surface area contributed by atoms with Gasteiger partial charge in [0, 0.05) is 40.5 Å². The third kappa shape index (κ3) is 13.0. The van der Waals surface area contributed by atoms with Crippen molar-refractivity contribution in [1.29, 1.82) is 0 Å². The van der Waals surface area contributed by atoms with Gasteiger partial charge in [0.05, 0.1) is 45.0 Å². The van der Waals surface area contributed by atoms with Gasteiger partial charge in [-0.25, -0.2) is 9.59 Å². The molecule has 0 bridgehead atoms. The largest absolute Gasteiger partial charge is 0.478 e. The summed E-state index contributed by atoms with van der Waals surface area (Å²) in [6.07, 6.45) is 2.91. The van der Waals surface area contributed by atoms with E-state index in [1.165, 1.54) is 31.7 Å². The van der Waals surface area contributed by atoms with E-state index in [1.54, 1.807) is 81.4 Å². The number of carboxylic acids is 1. The fourth-order valence-corrected chi connectivity index (χ4v) is 11.9. The van der Waals surface area contributed by atoms with E-state index in [4.69, 9.17) is 4.74 Å². The summed E-state index contributed by atoms with van der Waals surface area (Å²) in [5.74, 6) is -4.79. The molecule has 4 aromatic carbocycles. The lowest BCUT2D eigenvalue weighted by atomic mass is 10.1. The van der Waals surface area contributed by atoms with Crippen LogP contribution in [-0.2, 0) is 23.9 Å². The zero-order chi connectivity index (χ0) is 54.7. The number of anilines is 4. The molecule has 4 heterocycles. The highest BCUT2D eigenvalue weighted by atomic mass is 127. The minimum atomic E-state index is -1.21. The van der Waals surface area contributed by atoms with Crippen LogP contribution in [0, 0.1) is 14.3 Å². The number of aromatic carboxylic acids is 1. The highest BCUT2D eigenvalue weighted by Gasteiger charge is 2.41. The Morgan fingerprint density at radius 1 is 0.447 bits per heavy atom. The van der Waals surface area contributed by atoms with E-state index >= 15 is 0 Å². The Labute approximate surface area is 493 Å². The second-order valence-electron chi connectivity index (χ2n) is 19.8. The van der Waals surface area contributed by atoms with Crippen LogP contribution in [0.1, 0.15) is 114 Å². The van der Waals surface area contributed by atoms with E-state index in [0.717, 1.165) is 3.57 Å². The molecule has 4 aromatic rings. The highest BCUT2D eigenvalue weighted by molar-refractivity contribution is 14.1. The van der Waals surface area contributed by atoms with Crippen LogP contribution in [-0.4, -0.2) is 134 Å². The molecular formula is C53H54I4N8O11. The van der Waals surface area contributed by atoms with Crippen LogP contribution < -0.4 is 21.3 Å². The minimum absolute atomic E-state index is 0.0832. The Hall–Kier alpha value is -5.17. The zero-order valence-electron chi connectivity index (χ0n) is 41.6. The lowest BCUT2D eigenvalue weighted by Crippen LogP contribution is -2.46. The van der Waals surface area contributed by atoms with Gasteiger partial charge < -0.3 is 45.8 Å².